The van der Waals surface area contributed by atoms with Crippen molar-refractivity contribution in [1.29, 1.82) is 0 Å². The molecule has 0 radical (unpaired) electrons. The summed E-state index contributed by atoms with van der Waals surface area (Å²) in [5.41, 5.74) is 0.876. The number of hydrogen-bond acceptors (Lipinski definition) is 2. The van der Waals surface area contributed by atoms with Gasteiger partial charge in [-0.1, -0.05) is 19.3 Å². The van der Waals surface area contributed by atoms with Crippen LogP contribution in [0.2, 0.25) is 0 Å². The first-order valence-corrected chi connectivity index (χ1v) is 7.19. The first-order valence-electron chi connectivity index (χ1n) is 6.40. The third-order valence-corrected chi connectivity index (χ3v) is 4.38. The van der Waals surface area contributed by atoms with Crippen molar-refractivity contribution in [2.45, 2.75) is 37.6 Å². The van der Waals surface area contributed by atoms with Gasteiger partial charge in [0.25, 0.3) is 0 Å². The fourth-order valence-electron chi connectivity index (χ4n) is 2.96. The van der Waals surface area contributed by atoms with Gasteiger partial charge < -0.3 is 5.32 Å². The molecule has 1 saturated carbocycles. The minimum Gasteiger partial charge on any atom is -0.330 e. The monoisotopic (exact) mass is 309 g/mol. The Balaban J connectivity index is 1.82. The molecule has 18 heavy (non-hydrogen) atoms. The number of pyridine rings is 1. The van der Waals surface area contributed by atoms with Crippen molar-refractivity contribution in [3.8, 4) is 0 Å². The molecule has 1 saturated heterocycles. The van der Waals surface area contributed by atoms with Gasteiger partial charge in [-0.3, -0.25) is 4.90 Å². The van der Waals surface area contributed by atoms with Crippen molar-refractivity contribution >= 4 is 27.6 Å². The zero-order valence-corrected chi connectivity index (χ0v) is 11.7. The van der Waals surface area contributed by atoms with E-state index in [1.807, 2.05) is 17.0 Å². The summed E-state index contributed by atoms with van der Waals surface area (Å²) in [5, 5.41) is 3.18. The smallest absolute Gasteiger partial charge is 0.322 e. The Kier molecular flexibility index (Phi) is 3.01. The first-order chi connectivity index (χ1) is 8.69. The molecule has 2 amide bonds. The quantitative estimate of drug-likeness (QED) is 0.810. The number of halogens is 1. The van der Waals surface area contributed by atoms with Gasteiger partial charge in [0, 0.05) is 0 Å². The summed E-state index contributed by atoms with van der Waals surface area (Å²) in [7, 11) is 0. The van der Waals surface area contributed by atoms with Crippen LogP contribution in [0.4, 0.5) is 10.5 Å². The standard InChI is InChI=1S/C13H16BrN3O/c14-11-5-4-10(8-15-11)17-9-13(16-12(17)18)6-2-1-3-7-13/h4-5,8H,1-3,6-7,9H2,(H,16,18). The number of hydrogen-bond donors (Lipinski definition) is 1. The van der Waals surface area contributed by atoms with Gasteiger partial charge in [0.15, 0.2) is 0 Å². The van der Waals surface area contributed by atoms with E-state index in [0.717, 1.165) is 29.7 Å². The topological polar surface area (TPSA) is 45.2 Å². The molecule has 1 aromatic rings. The van der Waals surface area contributed by atoms with Gasteiger partial charge in [-0.2, -0.15) is 0 Å². The van der Waals surface area contributed by atoms with Crippen LogP contribution < -0.4 is 10.2 Å². The van der Waals surface area contributed by atoms with E-state index in [-0.39, 0.29) is 11.6 Å². The molecular weight excluding hydrogens is 294 g/mol. The predicted octanol–water partition coefficient (Wildman–Crippen LogP) is 3.08. The maximum atomic E-state index is 12.1. The number of carbonyl (C=O) groups excluding carboxylic acids is 1. The summed E-state index contributed by atoms with van der Waals surface area (Å²) < 4.78 is 0.790. The molecule has 1 aromatic heterocycles. The average molecular weight is 310 g/mol. The number of nitrogens with zero attached hydrogens (tertiary/aromatic N) is 2. The maximum Gasteiger partial charge on any atom is 0.322 e. The molecule has 2 fully saturated rings. The molecule has 4 nitrogen and oxygen atoms in total. The Bertz CT molecular complexity index is 454. The molecule has 0 atom stereocenters. The van der Waals surface area contributed by atoms with Gasteiger partial charge in [-0.15, -0.1) is 0 Å². The second-order valence-corrected chi connectivity index (χ2v) is 6.01. The third-order valence-electron chi connectivity index (χ3n) is 3.91. The van der Waals surface area contributed by atoms with Crippen molar-refractivity contribution in [2.24, 2.45) is 0 Å². The van der Waals surface area contributed by atoms with Crippen molar-refractivity contribution < 1.29 is 4.79 Å². The SMILES string of the molecule is O=C1NC2(CCCCC2)CN1c1ccc(Br)nc1. The Hall–Kier alpha value is -1.10. The van der Waals surface area contributed by atoms with Crippen LogP contribution in [0.15, 0.2) is 22.9 Å². The molecule has 96 valence electrons. The minimum atomic E-state index is 0.00239. The predicted molar refractivity (Wildman–Crippen MR) is 73.6 cm³/mol. The zero-order valence-electron chi connectivity index (χ0n) is 10.2. The van der Waals surface area contributed by atoms with Crippen molar-refractivity contribution in [3.63, 3.8) is 0 Å². The Morgan fingerprint density at radius 1 is 1.28 bits per heavy atom. The Labute approximate surface area is 115 Å². The number of urea groups is 1. The molecule has 0 bridgehead atoms. The van der Waals surface area contributed by atoms with E-state index in [1.54, 1.807) is 6.20 Å². The average Bonchev–Trinajstić information content (AvgIpc) is 2.68. The van der Waals surface area contributed by atoms with Crippen LogP contribution in [0.25, 0.3) is 0 Å². The molecule has 2 heterocycles. The lowest BCUT2D eigenvalue weighted by atomic mass is 9.82. The van der Waals surface area contributed by atoms with Crippen LogP contribution >= 0.6 is 15.9 Å². The number of carbonyl (C=O) groups is 1. The molecule has 0 unspecified atom stereocenters. The van der Waals surface area contributed by atoms with Gasteiger partial charge in [0.2, 0.25) is 0 Å². The van der Waals surface area contributed by atoms with E-state index in [4.69, 9.17) is 0 Å². The summed E-state index contributed by atoms with van der Waals surface area (Å²) in [6, 6.07) is 3.81. The lowest BCUT2D eigenvalue weighted by Crippen LogP contribution is -2.44. The Morgan fingerprint density at radius 3 is 2.72 bits per heavy atom. The van der Waals surface area contributed by atoms with Gasteiger partial charge in [-0.25, -0.2) is 9.78 Å². The van der Waals surface area contributed by atoms with Crippen LogP contribution in [0.3, 0.4) is 0 Å². The van der Waals surface area contributed by atoms with Crippen LogP contribution in [-0.2, 0) is 0 Å². The van der Waals surface area contributed by atoms with E-state index in [1.165, 1.54) is 19.3 Å². The fraction of sp³-hybridized carbons (Fsp3) is 0.538. The highest BCUT2D eigenvalue weighted by molar-refractivity contribution is 9.10. The van der Waals surface area contributed by atoms with E-state index in [2.05, 4.69) is 26.2 Å². The van der Waals surface area contributed by atoms with Crippen molar-refractivity contribution in [3.05, 3.63) is 22.9 Å². The molecule has 1 spiro atoms. The molecule has 1 N–H and O–H groups in total. The third kappa shape index (κ3) is 2.11. The van der Waals surface area contributed by atoms with Gasteiger partial charge in [0.05, 0.1) is 24.0 Å². The van der Waals surface area contributed by atoms with E-state index in [9.17, 15) is 4.79 Å². The van der Waals surface area contributed by atoms with E-state index < -0.39 is 0 Å². The van der Waals surface area contributed by atoms with Gasteiger partial charge in [-0.05, 0) is 40.9 Å². The lowest BCUT2D eigenvalue weighted by Gasteiger charge is -2.32. The molecular formula is C13H16BrN3O. The van der Waals surface area contributed by atoms with Crippen LogP contribution in [0.1, 0.15) is 32.1 Å². The number of aromatic nitrogens is 1. The highest BCUT2D eigenvalue weighted by Crippen LogP contribution is 2.34. The van der Waals surface area contributed by atoms with E-state index >= 15 is 0 Å². The van der Waals surface area contributed by atoms with Gasteiger partial charge in [0.1, 0.15) is 4.60 Å². The zero-order chi connectivity index (χ0) is 12.6. The maximum absolute atomic E-state index is 12.1. The fourth-order valence-corrected chi connectivity index (χ4v) is 3.19. The second-order valence-electron chi connectivity index (χ2n) is 5.20. The summed E-state index contributed by atoms with van der Waals surface area (Å²) in [5.74, 6) is 0. The van der Waals surface area contributed by atoms with E-state index in [0.29, 0.717) is 0 Å². The number of nitrogens with one attached hydrogen (secondary N) is 1. The highest BCUT2D eigenvalue weighted by Gasteiger charge is 2.43. The highest BCUT2D eigenvalue weighted by atomic mass is 79.9. The summed E-state index contributed by atoms with van der Waals surface area (Å²) in [4.78, 5) is 18.1. The van der Waals surface area contributed by atoms with Gasteiger partial charge >= 0.3 is 6.03 Å². The molecule has 3 rings (SSSR count). The largest absolute Gasteiger partial charge is 0.330 e. The Morgan fingerprint density at radius 2 is 2.06 bits per heavy atom. The number of rotatable bonds is 1. The molecule has 1 aliphatic heterocycles. The van der Waals surface area contributed by atoms with Crippen molar-refractivity contribution in [1.82, 2.24) is 10.3 Å². The lowest BCUT2D eigenvalue weighted by molar-refractivity contribution is 0.237. The molecule has 2 aliphatic rings. The normalized spacial score (nSPS) is 22.3. The number of amides is 2. The molecule has 0 aromatic carbocycles. The molecule has 5 heteroatoms. The number of anilines is 1. The second kappa shape index (κ2) is 4.53. The van der Waals surface area contributed by atoms with Crippen molar-refractivity contribution in [2.75, 3.05) is 11.4 Å². The van der Waals surface area contributed by atoms with Crippen LogP contribution in [0.5, 0.6) is 0 Å². The van der Waals surface area contributed by atoms with Crippen LogP contribution in [-0.4, -0.2) is 23.1 Å². The first kappa shape index (κ1) is 12.0. The molecule has 1 aliphatic carbocycles. The summed E-state index contributed by atoms with van der Waals surface area (Å²) in [6.07, 6.45) is 7.65. The van der Waals surface area contributed by atoms with Crippen LogP contribution in [0, 0.1) is 0 Å². The summed E-state index contributed by atoms with van der Waals surface area (Å²) in [6.45, 7) is 0.773. The summed E-state index contributed by atoms with van der Waals surface area (Å²) >= 11 is 3.31. The minimum absolute atomic E-state index is 0.00239.